The molecule has 24 heavy (non-hydrogen) atoms. The quantitative estimate of drug-likeness (QED) is 0.637. The van der Waals surface area contributed by atoms with Crippen LogP contribution in [0.15, 0.2) is 30.6 Å². The van der Waals surface area contributed by atoms with Gasteiger partial charge in [-0.1, -0.05) is 0 Å². The molecule has 1 heterocycles. The van der Waals surface area contributed by atoms with E-state index in [1.807, 2.05) is 20.8 Å². The van der Waals surface area contributed by atoms with Crippen LogP contribution in [0.4, 0.5) is 36.2 Å². The van der Waals surface area contributed by atoms with Gasteiger partial charge in [-0.25, -0.2) is 15.4 Å². The van der Waals surface area contributed by atoms with Crippen LogP contribution in [-0.2, 0) is 6.18 Å². The van der Waals surface area contributed by atoms with E-state index in [-0.39, 0.29) is 11.2 Å². The number of hydrogen-bond donors (Lipinski definition) is 4. The summed E-state index contributed by atoms with van der Waals surface area (Å²) in [5.41, 5.74) is 11.7. The number of nitrogen functional groups attached to an aromatic ring is 1. The maximum absolute atomic E-state index is 12.6. The zero-order valence-electron chi connectivity index (χ0n) is 13.5. The van der Waals surface area contributed by atoms with E-state index in [2.05, 4.69) is 26.1 Å². The van der Waals surface area contributed by atoms with Gasteiger partial charge in [0.05, 0.1) is 5.56 Å². The van der Waals surface area contributed by atoms with Gasteiger partial charge >= 0.3 is 6.18 Å². The molecule has 0 aliphatic heterocycles. The molecule has 6 nitrogen and oxygen atoms in total. The van der Waals surface area contributed by atoms with Crippen molar-refractivity contribution in [3.63, 3.8) is 0 Å². The van der Waals surface area contributed by atoms with Crippen molar-refractivity contribution in [3.05, 3.63) is 36.2 Å². The molecule has 0 saturated heterocycles. The Hall–Kier alpha value is -2.55. The fourth-order valence-corrected chi connectivity index (χ4v) is 1.72. The Labute approximate surface area is 137 Å². The number of benzene rings is 1. The average molecular weight is 340 g/mol. The van der Waals surface area contributed by atoms with Crippen molar-refractivity contribution in [3.8, 4) is 0 Å². The monoisotopic (exact) mass is 340 g/mol. The molecule has 130 valence electrons. The lowest BCUT2D eigenvalue weighted by Crippen LogP contribution is -2.40. The Morgan fingerprint density at radius 2 is 1.54 bits per heavy atom. The summed E-state index contributed by atoms with van der Waals surface area (Å²) in [5.74, 6) is 0.664. The summed E-state index contributed by atoms with van der Waals surface area (Å²) in [5, 5.41) is 2.88. The predicted molar refractivity (Wildman–Crippen MR) is 87.7 cm³/mol. The summed E-state index contributed by atoms with van der Waals surface area (Å²) in [6.07, 6.45) is -3.07. The van der Waals surface area contributed by atoms with Gasteiger partial charge in [0.1, 0.15) is 12.0 Å². The smallest absolute Gasteiger partial charge is 0.393 e. The first kappa shape index (κ1) is 17.8. The SMILES string of the molecule is CC(C)(C)NNc1ncnc(Nc2ccc(C(F)(F)F)cc2)c1N. The van der Waals surface area contributed by atoms with E-state index in [0.717, 1.165) is 12.1 Å². The average Bonchev–Trinajstić information content (AvgIpc) is 2.47. The number of nitrogens with one attached hydrogen (secondary N) is 3. The van der Waals surface area contributed by atoms with Gasteiger partial charge in [0.25, 0.3) is 0 Å². The van der Waals surface area contributed by atoms with Crippen molar-refractivity contribution in [1.82, 2.24) is 15.4 Å². The second kappa shape index (κ2) is 6.52. The minimum atomic E-state index is -4.37. The number of rotatable bonds is 4. The first-order valence-corrected chi connectivity index (χ1v) is 7.14. The van der Waals surface area contributed by atoms with E-state index >= 15 is 0 Å². The van der Waals surface area contributed by atoms with E-state index in [9.17, 15) is 13.2 Å². The third-order valence-electron chi connectivity index (χ3n) is 2.91. The van der Waals surface area contributed by atoms with Gasteiger partial charge < -0.3 is 16.5 Å². The highest BCUT2D eigenvalue weighted by atomic mass is 19.4. The van der Waals surface area contributed by atoms with Crippen LogP contribution in [0, 0.1) is 0 Å². The molecule has 0 saturated carbocycles. The van der Waals surface area contributed by atoms with Crippen LogP contribution in [0.25, 0.3) is 0 Å². The molecule has 2 aromatic rings. The third kappa shape index (κ3) is 4.72. The highest BCUT2D eigenvalue weighted by Crippen LogP contribution is 2.31. The Morgan fingerprint density at radius 3 is 2.08 bits per heavy atom. The number of nitrogens with two attached hydrogens (primary N) is 1. The minimum Gasteiger partial charge on any atom is -0.393 e. The van der Waals surface area contributed by atoms with Crippen molar-refractivity contribution in [2.24, 2.45) is 0 Å². The van der Waals surface area contributed by atoms with Gasteiger partial charge in [-0.3, -0.25) is 0 Å². The van der Waals surface area contributed by atoms with E-state index in [0.29, 0.717) is 17.3 Å². The first-order valence-electron chi connectivity index (χ1n) is 7.14. The summed E-state index contributed by atoms with van der Waals surface area (Å²) < 4.78 is 37.7. The van der Waals surface area contributed by atoms with Crippen molar-refractivity contribution >= 4 is 23.0 Å². The van der Waals surface area contributed by atoms with E-state index < -0.39 is 11.7 Å². The van der Waals surface area contributed by atoms with Crippen LogP contribution in [0.1, 0.15) is 26.3 Å². The molecule has 0 amide bonds. The Kier molecular flexibility index (Phi) is 4.83. The van der Waals surface area contributed by atoms with Crippen LogP contribution < -0.4 is 21.9 Å². The Balaban J connectivity index is 2.15. The number of anilines is 4. The molecule has 0 unspecified atom stereocenters. The van der Waals surface area contributed by atoms with Crippen LogP contribution >= 0.6 is 0 Å². The lowest BCUT2D eigenvalue weighted by molar-refractivity contribution is -0.137. The Morgan fingerprint density at radius 1 is 0.958 bits per heavy atom. The Bertz CT molecular complexity index is 692. The number of hydrazine groups is 1. The van der Waals surface area contributed by atoms with Gasteiger partial charge in [0, 0.05) is 11.2 Å². The first-order chi connectivity index (χ1) is 11.1. The van der Waals surface area contributed by atoms with Crippen molar-refractivity contribution in [2.45, 2.75) is 32.5 Å². The molecular weight excluding hydrogens is 321 g/mol. The van der Waals surface area contributed by atoms with Gasteiger partial charge in [-0.05, 0) is 45.0 Å². The molecule has 1 aromatic carbocycles. The fraction of sp³-hybridized carbons (Fsp3) is 0.333. The molecule has 5 N–H and O–H groups in total. The second-order valence-electron chi connectivity index (χ2n) is 6.18. The maximum atomic E-state index is 12.6. The third-order valence-corrected chi connectivity index (χ3v) is 2.91. The molecule has 1 aromatic heterocycles. The summed E-state index contributed by atoms with van der Waals surface area (Å²) in [4.78, 5) is 8.04. The van der Waals surface area contributed by atoms with Gasteiger partial charge in [-0.15, -0.1) is 0 Å². The molecule has 2 rings (SSSR count). The summed E-state index contributed by atoms with van der Waals surface area (Å²) in [7, 11) is 0. The number of hydrogen-bond acceptors (Lipinski definition) is 6. The van der Waals surface area contributed by atoms with E-state index in [1.54, 1.807) is 0 Å². The minimum absolute atomic E-state index is 0.210. The normalized spacial score (nSPS) is 12.1. The van der Waals surface area contributed by atoms with Crippen molar-refractivity contribution in [1.29, 1.82) is 0 Å². The number of alkyl halides is 3. The lowest BCUT2D eigenvalue weighted by atomic mass is 10.1. The standard InChI is InChI=1S/C15H19F3N6/c1-14(2,3)24-23-13-11(19)12(20-8-21-13)22-10-6-4-9(5-7-10)15(16,17)18/h4-8,24H,19H2,1-3H3,(H2,20,21,22,23). The molecule has 0 atom stereocenters. The molecule has 0 spiro atoms. The van der Waals surface area contributed by atoms with Crippen LogP contribution in [0.2, 0.25) is 0 Å². The summed E-state index contributed by atoms with van der Waals surface area (Å²) >= 11 is 0. The van der Waals surface area contributed by atoms with Crippen LogP contribution in [0.3, 0.4) is 0 Å². The molecule has 0 aliphatic rings. The predicted octanol–water partition coefficient (Wildman–Crippen LogP) is 3.54. The summed E-state index contributed by atoms with van der Waals surface area (Å²) in [6.45, 7) is 5.87. The summed E-state index contributed by atoms with van der Waals surface area (Å²) in [6, 6.07) is 4.59. The van der Waals surface area contributed by atoms with Crippen molar-refractivity contribution < 1.29 is 13.2 Å². The molecule has 0 fully saturated rings. The highest BCUT2D eigenvalue weighted by molar-refractivity contribution is 5.77. The van der Waals surface area contributed by atoms with Crippen LogP contribution in [0.5, 0.6) is 0 Å². The largest absolute Gasteiger partial charge is 0.416 e. The topological polar surface area (TPSA) is 87.9 Å². The van der Waals surface area contributed by atoms with Gasteiger partial charge in [-0.2, -0.15) is 13.2 Å². The number of halogens is 3. The van der Waals surface area contributed by atoms with Crippen LogP contribution in [-0.4, -0.2) is 15.5 Å². The zero-order chi connectivity index (χ0) is 18.0. The second-order valence-corrected chi connectivity index (χ2v) is 6.18. The maximum Gasteiger partial charge on any atom is 0.416 e. The molecular formula is C15H19F3N6. The molecule has 9 heteroatoms. The molecule has 0 radical (unpaired) electrons. The van der Waals surface area contributed by atoms with Crippen molar-refractivity contribution in [2.75, 3.05) is 16.5 Å². The lowest BCUT2D eigenvalue weighted by Gasteiger charge is -2.22. The number of aromatic nitrogens is 2. The zero-order valence-corrected chi connectivity index (χ0v) is 13.5. The molecule has 0 aliphatic carbocycles. The van der Waals surface area contributed by atoms with Gasteiger partial charge in [0.15, 0.2) is 11.6 Å². The number of nitrogens with zero attached hydrogens (tertiary/aromatic N) is 2. The highest BCUT2D eigenvalue weighted by Gasteiger charge is 2.29. The van der Waals surface area contributed by atoms with E-state index in [4.69, 9.17) is 5.73 Å². The van der Waals surface area contributed by atoms with Gasteiger partial charge in [0.2, 0.25) is 0 Å². The fourth-order valence-electron chi connectivity index (χ4n) is 1.72. The molecule has 0 bridgehead atoms. The van der Waals surface area contributed by atoms with E-state index in [1.165, 1.54) is 18.5 Å².